The molecule has 0 bridgehead atoms. The van der Waals surface area contributed by atoms with Crippen LogP contribution in [0.1, 0.15) is 38.8 Å². The quantitative estimate of drug-likeness (QED) is 0.770. The van der Waals surface area contributed by atoms with Crippen LogP contribution in [0.3, 0.4) is 0 Å². The van der Waals surface area contributed by atoms with Crippen molar-refractivity contribution in [2.45, 2.75) is 39.3 Å². The lowest BCUT2D eigenvalue weighted by Gasteiger charge is -2.20. The average molecular weight is 251 g/mol. The van der Waals surface area contributed by atoms with Gasteiger partial charge in [-0.2, -0.15) is 0 Å². The number of rotatable bonds is 8. The molecule has 0 aliphatic rings. The summed E-state index contributed by atoms with van der Waals surface area (Å²) in [5.74, 6) is 0.967. The van der Waals surface area contributed by atoms with Gasteiger partial charge < -0.3 is 14.8 Å². The Kier molecular flexibility index (Phi) is 6.76. The van der Waals surface area contributed by atoms with Crippen LogP contribution in [-0.2, 0) is 4.74 Å². The fraction of sp³-hybridized carbons (Fsp3) is 0.600. The first-order valence-corrected chi connectivity index (χ1v) is 6.67. The molecule has 0 heterocycles. The predicted molar refractivity (Wildman–Crippen MR) is 75.1 cm³/mol. The Hall–Kier alpha value is -1.06. The number of nitrogens with one attached hydrogen (secondary N) is 1. The minimum atomic E-state index is 0.167. The second kappa shape index (κ2) is 8.11. The molecule has 3 nitrogen and oxygen atoms in total. The molecule has 18 heavy (non-hydrogen) atoms. The Morgan fingerprint density at radius 2 is 1.94 bits per heavy atom. The molecule has 2 unspecified atom stereocenters. The second-order valence-corrected chi connectivity index (χ2v) is 4.53. The fourth-order valence-electron chi connectivity index (χ4n) is 1.92. The summed E-state index contributed by atoms with van der Waals surface area (Å²) in [6.45, 7) is 8.03. The van der Waals surface area contributed by atoms with Gasteiger partial charge in [-0.15, -0.1) is 0 Å². The summed E-state index contributed by atoms with van der Waals surface area (Å²) >= 11 is 0. The van der Waals surface area contributed by atoms with Crippen LogP contribution in [0.5, 0.6) is 5.75 Å². The minimum absolute atomic E-state index is 0.167. The zero-order chi connectivity index (χ0) is 13.4. The van der Waals surface area contributed by atoms with Crippen LogP contribution in [0, 0.1) is 0 Å². The summed E-state index contributed by atoms with van der Waals surface area (Å²) in [6, 6.07) is 8.52. The molecule has 0 fully saturated rings. The van der Waals surface area contributed by atoms with Crippen LogP contribution in [0.2, 0.25) is 0 Å². The number of para-hydroxylation sites is 1. The van der Waals surface area contributed by atoms with Gasteiger partial charge in [-0.3, -0.25) is 0 Å². The van der Waals surface area contributed by atoms with Crippen LogP contribution in [0.25, 0.3) is 0 Å². The van der Waals surface area contributed by atoms with Gasteiger partial charge >= 0.3 is 0 Å². The lowest BCUT2D eigenvalue weighted by Crippen LogP contribution is -2.20. The van der Waals surface area contributed by atoms with E-state index in [1.807, 2.05) is 12.1 Å². The third-order valence-corrected chi connectivity index (χ3v) is 2.95. The Morgan fingerprint density at radius 1 is 1.22 bits per heavy atom. The molecule has 0 amide bonds. The van der Waals surface area contributed by atoms with Crippen LogP contribution >= 0.6 is 0 Å². The van der Waals surface area contributed by atoms with E-state index >= 15 is 0 Å². The van der Waals surface area contributed by atoms with Crippen molar-refractivity contribution in [3.05, 3.63) is 29.8 Å². The monoisotopic (exact) mass is 251 g/mol. The highest BCUT2D eigenvalue weighted by Crippen LogP contribution is 2.26. The van der Waals surface area contributed by atoms with Crippen molar-refractivity contribution in [2.24, 2.45) is 0 Å². The molecule has 1 aromatic rings. The van der Waals surface area contributed by atoms with Crippen LogP contribution in [0.4, 0.5) is 0 Å². The molecular weight excluding hydrogens is 226 g/mol. The first-order chi connectivity index (χ1) is 8.69. The van der Waals surface area contributed by atoms with Crippen molar-refractivity contribution in [3.63, 3.8) is 0 Å². The van der Waals surface area contributed by atoms with E-state index in [4.69, 9.17) is 9.47 Å². The molecule has 0 radical (unpaired) electrons. The lowest BCUT2D eigenvalue weighted by molar-refractivity contribution is 0.134. The van der Waals surface area contributed by atoms with Crippen molar-refractivity contribution >= 4 is 0 Å². The molecule has 0 aromatic heterocycles. The van der Waals surface area contributed by atoms with E-state index in [2.05, 4.69) is 38.2 Å². The first kappa shape index (κ1) is 15.0. The van der Waals surface area contributed by atoms with Crippen molar-refractivity contribution in [1.82, 2.24) is 5.32 Å². The number of methoxy groups -OCH3 is 1. The molecule has 2 atom stereocenters. The van der Waals surface area contributed by atoms with Gasteiger partial charge in [0.05, 0.1) is 6.10 Å². The van der Waals surface area contributed by atoms with Gasteiger partial charge in [-0.1, -0.05) is 25.1 Å². The van der Waals surface area contributed by atoms with E-state index in [1.165, 1.54) is 5.56 Å². The van der Waals surface area contributed by atoms with Gasteiger partial charge in [0.25, 0.3) is 0 Å². The largest absolute Gasteiger partial charge is 0.490 e. The molecule has 0 saturated heterocycles. The summed E-state index contributed by atoms with van der Waals surface area (Å²) in [5.41, 5.74) is 1.21. The van der Waals surface area contributed by atoms with E-state index < -0.39 is 0 Å². The fourth-order valence-corrected chi connectivity index (χ4v) is 1.92. The Morgan fingerprint density at radius 3 is 2.61 bits per heavy atom. The van der Waals surface area contributed by atoms with Gasteiger partial charge in [0, 0.05) is 31.7 Å². The molecule has 0 spiro atoms. The Balaban J connectivity index is 2.69. The zero-order valence-corrected chi connectivity index (χ0v) is 11.9. The van der Waals surface area contributed by atoms with Crippen molar-refractivity contribution in [2.75, 3.05) is 20.3 Å². The lowest BCUT2D eigenvalue weighted by atomic mass is 10.1. The van der Waals surface area contributed by atoms with Crippen molar-refractivity contribution in [3.8, 4) is 5.75 Å². The molecular formula is C15H25NO2. The maximum atomic E-state index is 6.00. The molecule has 3 heteroatoms. The molecule has 1 rings (SSSR count). The Labute approximate surface area is 110 Å². The first-order valence-electron chi connectivity index (χ1n) is 6.67. The number of ether oxygens (including phenoxy) is 2. The van der Waals surface area contributed by atoms with Crippen LogP contribution in [-0.4, -0.2) is 26.4 Å². The van der Waals surface area contributed by atoms with Crippen LogP contribution < -0.4 is 10.1 Å². The van der Waals surface area contributed by atoms with Crippen molar-refractivity contribution < 1.29 is 9.47 Å². The summed E-state index contributed by atoms with van der Waals surface area (Å²) in [4.78, 5) is 0. The topological polar surface area (TPSA) is 30.5 Å². The molecule has 0 aliphatic heterocycles. The van der Waals surface area contributed by atoms with E-state index in [-0.39, 0.29) is 6.10 Å². The van der Waals surface area contributed by atoms with Crippen LogP contribution in [0.15, 0.2) is 24.3 Å². The normalized spacial score (nSPS) is 14.2. The molecule has 102 valence electrons. The highest BCUT2D eigenvalue weighted by atomic mass is 16.5. The smallest absolute Gasteiger partial charge is 0.124 e. The SMILES string of the molecule is CCNC(C)c1ccccc1OC(C)CCOC. The number of hydrogen-bond acceptors (Lipinski definition) is 3. The van der Waals surface area contributed by atoms with E-state index in [0.717, 1.165) is 25.3 Å². The highest BCUT2D eigenvalue weighted by molar-refractivity contribution is 5.35. The van der Waals surface area contributed by atoms with Gasteiger partial charge in [-0.25, -0.2) is 0 Å². The van der Waals surface area contributed by atoms with E-state index in [0.29, 0.717) is 6.04 Å². The summed E-state index contributed by atoms with van der Waals surface area (Å²) in [7, 11) is 1.72. The zero-order valence-electron chi connectivity index (χ0n) is 11.9. The maximum absolute atomic E-state index is 6.00. The van der Waals surface area contributed by atoms with Gasteiger partial charge in [0.1, 0.15) is 5.75 Å². The molecule has 0 aliphatic carbocycles. The number of hydrogen-bond donors (Lipinski definition) is 1. The number of benzene rings is 1. The second-order valence-electron chi connectivity index (χ2n) is 4.53. The standard InChI is InChI=1S/C15H25NO2/c1-5-16-13(3)14-8-6-7-9-15(14)18-12(2)10-11-17-4/h6-9,12-13,16H,5,10-11H2,1-4H3. The Bertz CT molecular complexity index is 341. The predicted octanol–water partition coefficient (Wildman–Crippen LogP) is 3.16. The van der Waals surface area contributed by atoms with E-state index in [1.54, 1.807) is 7.11 Å². The summed E-state index contributed by atoms with van der Waals surface area (Å²) < 4.78 is 11.1. The highest BCUT2D eigenvalue weighted by Gasteiger charge is 2.12. The third kappa shape index (κ3) is 4.67. The summed E-state index contributed by atoms with van der Waals surface area (Å²) in [5, 5.41) is 3.41. The average Bonchev–Trinajstić information content (AvgIpc) is 2.37. The summed E-state index contributed by atoms with van der Waals surface area (Å²) in [6.07, 6.45) is 1.07. The molecule has 0 saturated carbocycles. The molecule has 1 aromatic carbocycles. The van der Waals surface area contributed by atoms with Crippen molar-refractivity contribution in [1.29, 1.82) is 0 Å². The maximum Gasteiger partial charge on any atom is 0.124 e. The van der Waals surface area contributed by atoms with Gasteiger partial charge in [0.2, 0.25) is 0 Å². The van der Waals surface area contributed by atoms with Gasteiger partial charge in [0.15, 0.2) is 0 Å². The molecule has 1 N–H and O–H groups in total. The van der Waals surface area contributed by atoms with E-state index in [9.17, 15) is 0 Å². The van der Waals surface area contributed by atoms with Gasteiger partial charge in [-0.05, 0) is 26.5 Å². The third-order valence-electron chi connectivity index (χ3n) is 2.95. The minimum Gasteiger partial charge on any atom is -0.490 e.